The number of halogens is 1. The van der Waals surface area contributed by atoms with Gasteiger partial charge in [-0.2, -0.15) is 0 Å². The molecule has 0 radical (unpaired) electrons. The van der Waals surface area contributed by atoms with Gasteiger partial charge in [-0.25, -0.2) is 4.39 Å². The van der Waals surface area contributed by atoms with Gasteiger partial charge in [0, 0.05) is 18.3 Å². The highest BCUT2D eigenvalue weighted by Crippen LogP contribution is 2.17. The maximum Gasteiger partial charge on any atom is 0.258 e. The lowest BCUT2D eigenvalue weighted by molar-refractivity contribution is -0.105. The maximum absolute atomic E-state index is 13.5. The highest BCUT2D eigenvalue weighted by atomic mass is 19.1. The van der Waals surface area contributed by atoms with Crippen molar-refractivity contribution in [1.82, 2.24) is 4.57 Å². The summed E-state index contributed by atoms with van der Waals surface area (Å²) in [7, 11) is 0. The summed E-state index contributed by atoms with van der Waals surface area (Å²) in [6, 6.07) is 6.28. The van der Waals surface area contributed by atoms with Gasteiger partial charge in [0.15, 0.2) is 0 Å². The Hall–Kier alpha value is -2.63. The molecule has 2 N–H and O–H groups in total. The number of carbonyl (C=O) groups excluding carboxylic acids is 1. The van der Waals surface area contributed by atoms with Crippen molar-refractivity contribution in [3.05, 3.63) is 52.7 Å². The number of benzene rings is 1. The number of aromatic hydroxyl groups is 1. The van der Waals surface area contributed by atoms with E-state index in [2.05, 4.69) is 5.32 Å². The highest BCUT2D eigenvalue weighted by molar-refractivity contribution is 5.72. The van der Waals surface area contributed by atoms with E-state index in [4.69, 9.17) is 5.11 Å². The van der Waals surface area contributed by atoms with E-state index in [1.54, 1.807) is 0 Å². The zero-order valence-corrected chi connectivity index (χ0v) is 9.13. The molecule has 0 saturated heterocycles. The normalized spacial score (nSPS) is 10.1. The van der Waals surface area contributed by atoms with Crippen LogP contribution in [0.4, 0.5) is 10.1 Å². The number of nitrogens with one attached hydrogen (secondary N) is 1. The van der Waals surface area contributed by atoms with Crippen molar-refractivity contribution in [2.24, 2.45) is 0 Å². The van der Waals surface area contributed by atoms with E-state index in [9.17, 15) is 14.0 Å². The summed E-state index contributed by atoms with van der Waals surface area (Å²) in [4.78, 5) is 21.8. The molecule has 0 aliphatic carbocycles. The van der Waals surface area contributed by atoms with Crippen molar-refractivity contribution in [2.75, 3.05) is 5.32 Å². The number of nitrogens with zero attached hydrogens (tertiary/aromatic N) is 1. The molecular weight excluding hydrogens is 239 g/mol. The van der Waals surface area contributed by atoms with Crippen LogP contribution in [0.25, 0.3) is 5.69 Å². The zero-order valence-electron chi connectivity index (χ0n) is 9.13. The molecule has 0 atom stereocenters. The number of pyridine rings is 1. The first-order valence-electron chi connectivity index (χ1n) is 5.03. The molecule has 1 heterocycles. The average Bonchev–Trinajstić information content (AvgIpc) is 2.32. The number of anilines is 1. The summed E-state index contributed by atoms with van der Waals surface area (Å²) in [5, 5.41) is 11.3. The second-order valence-corrected chi connectivity index (χ2v) is 3.52. The summed E-state index contributed by atoms with van der Waals surface area (Å²) in [6.07, 6.45) is 1.70. The minimum Gasteiger partial charge on any atom is -0.508 e. The molecule has 0 bridgehead atoms. The van der Waals surface area contributed by atoms with E-state index in [1.807, 2.05) is 0 Å². The molecule has 0 spiro atoms. The lowest BCUT2D eigenvalue weighted by Gasteiger charge is -2.07. The lowest BCUT2D eigenvalue weighted by Crippen LogP contribution is -2.16. The molecule has 2 rings (SSSR count). The number of rotatable bonds is 3. The van der Waals surface area contributed by atoms with Gasteiger partial charge in [-0.05, 0) is 18.2 Å². The van der Waals surface area contributed by atoms with Crippen LogP contribution in [0.2, 0.25) is 0 Å². The van der Waals surface area contributed by atoms with E-state index in [1.165, 1.54) is 29.0 Å². The van der Waals surface area contributed by atoms with E-state index < -0.39 is 11.4 Å². The van der Waals surface area contributed by atoms with Crippen LogP contribution < -0.4 is 10.9 Å². The predicted molar refractivity (Wildman–Crippen MR) is 63.3 cm³/mol. The zero-order chi connectivity index (χ0) is 13.1. The number of carbonyl (C=O) groups is 1. The summed E-state index contributed by atoms with van der Waals surface area (Å²) in [5.74, 6) is -0.810. The molecular formula is C12H9FN2O3. The van der Waals surface area contributed by atoms with Crippen LogP contribution in [-0.4, -0.2) is 16.1 Å². The molecule has 6 heteroatoms. The molecule has 0 saturated carbocycles. The van der Waals surface area contributed by atoms with Crippen molar-refractivity contribution < 1.29 is 14.3 Å². The maximum atomic E-state index is 13.5. The summed E-state index contributed by atoms with van der Waals surface area (Å²) in [6.45, 7) is 0. The van der Waals surface area contributed by atoms with Crippen LogP contribution in [0.3, 0.4) is 0 Å². The lowest BCUT2D eigenvalue weighted by atomic mass is 10.2. The van der Waals surface area contributed by atoms with Gasteiger partial charge in [-0.1, -0.05) is 0 Å². The Balaban J connectivity index is 2.48. The van der Waals surface area contributed by atoms with Crippen LogP contribution in [0.1, 0.15) is 0 Å². The predicted octanol–water partition coefficient (Wildman–Crippen LogP) is 1.25. The van der Waals surface area contributed by atoms with Crippen molar-refractivity contribution >= 4 is 12.1 Å². The van der Waals surface area contributed by atoms with Crippen LogP contribution >= 0.6 is 0 Å². The van der Waals surface area contributed by atoms with Gasteiger partial charge in [0.05, 0.1) is 11.4 Å². The van der Waals surface area contributed by atoms with Gasteiger partial charge in [0.2, 0.25) is 6.41 Å². The molecule has 0 fully saturated rings. The van der Waals surface area contributed by atoms with Crippen molar-refractivity contribution in [3.63, 3.8) is 0 Å². The summed E-state index contributed by atoms with van der Waals surface area (Å²) >= 11 is 0. The first-order valence-corrected chi connectivity index (χ1v) is 5.03. The smallest absolute Gasteiger partial charge is 0.258 e. The third-order valence-corrected chi connectivity index (χ3v) is 2.35. The number of aromatic nitrogens is 1. The van der Waals surface area contributed by atoms with Gasteiger partial charge in [-0.15, -0.1) is 0 Å². The van der Waals surface area contributed by atoms with Crippen LogP contribution in [0.5, 0.6) is 5.75 Å². The fourth-order valence-corrected chi connectivity index (χ4v) is 1.52. The number of hydrogen-bond acceptors (Lipinski definition) is 3. The monoisotopic (exact) mass is 248 g/mol. The van der Waals surface area contributed by atoms with E-state index in [0.717, 1.165) is 12.1 Å². The second-order valence-electron chi connectivity index (χ2n) is 3.52. The summed E-state index contributed by atoms with van der Waals surface area (Å²) in [5.41, 5.74) is -0.153. The van der Waals surface area contributed by atoms with Crippen LogP contribution in [-0.2, 0) is 4.79 Å². The van der Waals surface area contributed by atoms with Crippen LogP contribution in [0.15, 0.2) is 41.3 Å². The molecule has 1 amide bonds. The Morgan fingerprint density at radius 1 is 1.28 bits per heavy atom. The largest absolute Gasteiger partial charge is 0.508 e. The first-order chi connectivity index (χ1) is 8.61. The quantitative estimate of drug-likeness (QED) is 0.803. The van der Waals surface area contributed by atoms with E-state index in [0.29, 0.717) is 12.1 Å². The molecule has 18 heavy (non-hydrogen) atoms. The molecule has 5 nitrogen and oxygen atoms in total. The topological polar surface area (TPSA) is 71.3 Å². The SMILES string of the molecule is O=CNc1ccc(-n2ccc(O)cc2=O)cc1F. The average molecular weight is 248 g/mol. The molecule has 0 aliphatic heterocycles. The minimum atomic E-state index is -0.653. The van der Waals surface area contributed by atoms with E-state index in [-0.39, 0.29) is 11.4 Å². The van der Waals surface area contributed by atoms with Crippen molar-refractivity contribution in [3.8, 4) is 11.4 Å². The van der Waals surface area contributed by atoms with Gasteiger partial charge in [0.1, 0.15) is 11.6 Å². The van der Waals surface area contributed by atoms with Crippen LogP contribution in [0, 0.1) is 5.82 Å². The molecule has 0 aliphatic rings. The van der Waals surface area contributed by atoms with Crippen molar-refractivity contribution in [1.29, 1.82) is 0 Å². The molecule has 1 aromatic heterocycles. The summed E-state index contributed by atoms with van der Waals surface area (Å²) < 4.78 is 14.7. The van der Waals surface area contributed by atoms with Gasteiger partial charge < -0.3 is 10.4 Å². The fraction of sp³-hybridized carbons (Fsp3) is 0. The van der Waals surface area contributed by atoms with E-state index >= 15 is 0 Å². The first kappa shape index (κ1) is 11.8. The minimum absolute atomic E-state index is 0.0283. The Bertz CT molecular complexity index is 652. The second kappa shape index (κ2) is 4.70. The molecule has 92 valence electrons. The van der Waals surface area contributed by atoms with Crippen molar-refractivity contribution in [2.45, 2.75) is 0 Å². The molecule has 2 aromatic rings. The number of hydrogen-bond donors (Lipinski definition) is 2. The standard InChI is InChI=1S/C12H9FN2O3/c13-10-5-8(1-2-11(10)14-7-16)15-4-3-9(17)6-12(15)18/h1-7,17H,(H,14,16). The molecule has 1 aromatic carbocycles. The van der Waals surface area contributed by atoms with Gasteiger partial charge in [0.25, 0.3) is 5.56 Å². The Morgan fingerprint density at radius 2 is 2.06 bits per heavy atom. The Kier molecular flexibility index (Phi) is 3.09. The van der Waals surface area contributed by atoms with Gasteiger partial charge >= 0.3 is 0 Å². The third kappa shape index (κ3) is 2.22. The number of amides is 1. The van der Waals surface area contributed by atoms with Gasteiger partial charge in [-0.3, -0.25) is 14.2 Å². The third-order valence-electron chi connectivity index (χ3n) is 2.35. The highest BCUT2D eigenvalue weighted by Gasteiger charge is 2.05. The Labute approximate surface area is 101 Å². The molecule has 0 unspecified atom stereocenters. The Morgan fingerprint density at radius 3 is 2.67 bits per heavy atom. The fourth-order valence-electron chi connectivity index (χ4n) is 1.52.